The van der Waals surface area contributed by atoms with Crippen LogP contribution in [-0.4, -0.2) is 15.2 Å². The van der Waals surface area contributed by atoms with Gasteiger partial charge in [0.1, 0.15) is 5.52 Å². The number of fused-ring (bicyclic) bond motifs is 3. The van der Waals surface area contributed by atoms with Crippen LogP contribution in [0.5, 0.6) is 0 Å². The van der Waals surface area contributed by atoms with Crippen molar-refractivity contribution in [1.29, 1.82) is 5.26 Å². The van der Waals surface area contributed by atoms with Crippen molar-refractivity contribution in [3.8, 4) is 6.07 Å². The quantitative estimate of drug-likeness (QED) is 0.602. The number of H-pyrrole nitrogens is 1. The lowest BCUT2D eigenvalue weighted by atomic mass is 10.1. The van der Waals surface area contributed by atoms with E-state index in [4.69, 9.17) is 16.9 Å². The molecule has 2 aromatic heterocycles. The zero-order chi connectivity index (χ0) is 11.1. The van der Waals surface area contributed by atoms with Crippen molar-refractivity contribution in [2.75, 3.05) is 0 Å². The smallest absolute Gasteiger partial charge is 0.155 e. The third kappa shape index (κ3) is 1.16. The largest absolute Gasteiger partial charge is 0.275 e. The van der Waals surface area contributed by atoms with Crippen molar-refractivity contribution in [1.82, 2.24) is 15.2 Å². The molecule has 16 heavy (non-hydrogen) atoms. The van der Waals surface area contributed by atoms with E-state index in [0.717, 1.165) is 16.3 Å². The molecule has 0 radical (unpaired) electrons. The molecule has 0 unspecified atom stereocenters. The molecule has 1 N–H and O–H groups in total. The van der Waals surface area contributed by atoms with Crippen molar-refractivity contribution in [3.05, 3.63) is 35.1 Å². The van der Waals surface area contributed by atoms with Gasteiger partial charge in [-0.3, -0.25) is 5.10 Å². The van der Waals surface area contributed by atoms with Gasteiger partial charge >= 0.3 is 0 Å². The van der Waals surface area contributed by atoms with Gasteiger partial charge in [0, 0.05) is 10.8 Å². The zero-order valence-electron chi connectivity index (χ0n) is 8.03. The first-order chi connectivity index (χ1) is 7.79. The Labute approximate surface area is 95.5 Å². The Bertz CT molecular complexity index is 739. The number of aromatic amines is 1. The summed E-state index contributed by atoms with van der Waals surface area (Å²) >= 11 is 6.00. The van der Waals surface area contributed by atoms with Crippen LogP contribution >= 0.6 is 11.6 Å². The first-order valence-corrected chi connectivity index (χ1v) is 5.00. The minimum absolute atomic E-state index is 0.393. The third-order valence-corrected chi connectivity index (χ3v) is 2.75. The van der Waals surface area contributed by atoms with Crippen LogP contribution in [-0.2, 0) is 0 Å². The van der Waals surface area contributed by atoms with Crippen molar-refractivity contribution in [2.24, 2.45) is 0 Å². The average molecular weight is 229 g/mol. The van der Waals surface area contributed by atoms with E-state index in [0.29, 0.717) is 16.2 Å². The second kappa shape index (κ2) is 3.19. The van der Waals surface area contributed by atoms with Crippen molar-refractivity contribution >= 4 is 33.4 Å². The molecule has 0 saturated heterocycles. The van der Waals surface area contributed by atoms with Crippen LogP contribution in [0.25, 0.3) is 21.8 Å². The fraction of sp³-hybridized carbons (Fsp3) is 0. The minimum Gasteiger partial charge on any atom is -0.275 e. The van der Waals surface area contributed by atoms with E-state index < -0.39 is 0 Å². The topological polar surface area (TPSA) is 65.4 Å². The van der Waals surface area contributed by atoms with Gasteiger partial charge in [0.15, 0.2) is 5.15 Å². The molecule has 0 saturated carbocycles. The Hall–Kier alpha value is -2.12. The lowest BCUT2D eigenvalue weighted by molar-refractivity contribution is 1.12. The summed E-state index contributed by atoms with van der Waals surface area (Å²) in [6, 6.07) is 7.39. The molecule has 4 nitrogen and oxygen atoms in total. The molecule has 2 heterocycles. The molecular formula is C11H5ClN4. The maximum atomic E-state index is 8.85. The van der Waals surface area contributed by atoms with Crippen LogP contribution in [0, 0.1) is 11.3 Å². The first kappa shape index (κ1) is 9.13. The van der Waals surface area contributed by atoms with E-state index >= 15 is 0 Å². The van der Waals surface area contributed by atoms with Crippen LogP contribution < -0.4 is 0 Å². The molecule has 0 atom stereocenters. The number of nitrogens with one attached hydrogen (secondary N) is 1. The highest BCUT2D eigenvalue weighted by Crippen LogP contribution is 2.27. The number of halogens is 1. The molecule has 76 valence electrons. The number of hydrogen-bond donors (Lipinski definition) is 1. The number of benzene rings is 1. The summed E-state index contributed by atoms with van der Waals surface area (Å²) in [5, 5.41) is 17.7. The summed E-state index contributed by atoms with van der Waals surface area (Å²) in [4.78, 5) is 4.24. The summed E-state index contributed by atoms with van der Waals surface area (Å²) in [5.74, 6) is 0. The van der Waals surface area contributed by atoms with E-state index in [-0.39, 0.29) is 0 Å². The molecule has 5 heteroatoms. The number of rotatable bonds is 0. The van der Waals surface area contributed by atoms with Crippen LogP contribution in [0.2, 0.25) is 5.15 Å². The van der Waals surface area contributed by atoms with Gasteiger partial charge in [-0.25, -0.2) is 4.98 Å². The van der Waals surface area contributed by atoms with Gasteiger partial charge in [-0.15, -0.1) is 0 Å². The summed E-state index contributed by atoms with van der Waals surface area (Å²) in [7, 11) is 0. The van der Waals surface area contributed by atoms with Crippen molar-refractivity contribution < 1.29 is 0 Å². The first-order valence-electron chi connectivity index (χ1n) is 4.62. The summed E-state index contributed by atoms with van der Waals surface area (Å²) in [6.07, 6.45) is 1.69. The van der Waals surface area contributed by atoms with Crippen LogP contribution in [0.3, 0.4) is 0 Å². The lowest BCUT2D eigenvalue weighted by Crippen LogP contribution is -1.84. The normalized spacial score (nSPS) is 10.8. The standard InChI is InChI=1S/C11H5ClN4/c12-11-10-8(5-14-16-10)7-3-6(4-13)1-2-9(7)15-11/h1-3,5H,(H,14,16). The van der Waals surface area contributed by atoms with E-state index in [1.165, 1.54) is 0 Å². The number of pyridine rings is 1. The van der Waals surface area contributed by atoms with Gasteiger partial charge in [0.2, 0.25) is 0 Å². The fourth-order valence-electron chi connectivity index (χ4n) is 1.73. The molecule has 0 bridgehead atoms. The van der Waals surface area contributed by atoms with Crippen LogP contribution in [0.15, 0.2) is 24.4 Å². The molecule has 0 fully saturated rings. The fourth-order valence-corrected chi connectivity index (χ4v) is 1.96. The van der Waals surface area contributed by atoms with Crippen LogP contribution in [0.4, 0.5) is 0 Å². The molecule has 0 amide bonds. The molecule has 3 aromatic rings. The Morgan fingerprint density at radius 1 is 1.31 bits per heavy atom. The molecule has 0 aliphatic heterocycles. The number of nitriles is 1. The summed E-state index contributed by atoms with van der Waals surface area (Å²) in [5.41, 5.74) is 2.06. The Kier molecular flexibility index (Phi) is 1.82. The van der Waals surface area contributed by atoms with Gasteiger partial charge < -0.3 is 0 Å². The van der Waals surface area contributed by atoms with Gasteiger partial charge in [-0.1, -0.05) is 11.6 Å². The van der Waals surface area contributed by atoms with E-state index in [1.807, 2.05) is 0 Å². The minimum atomic E-state index is 0.393. The highest BCUT2D eigenvalue weighted by Gasteiger charge is 2.08. The maximum absolute atomic E-state index is 8.85. The molecular weight excluding hydrogens is 224 g/mol. The summed E-state index contributed by atoms with van der Waals surface area (Å²) < 4.78 is 0. The SMILES string of the molecule is N#Cc1ccc2nc(Cl)c3[nH]ncc3c2c1. The molecule has 0 spiro atoms. The number of nitrogens with zero attached hydrogens (tertiary/aromatic N) is 3. The Morgan fingerprint density at radius 3 is 3.00 bits per heavy atom. The number of hydrogen-bond acceptors (Lipinski definition) is 3. The lowest BCUT2D eigenvalue weighted by Gasteiger charge is -2.00. The monoisotopic (exact) mass is 228 g/mol. The highest BCUT2D eigenvalue weighted by atomic mass is 35.5. The zero-order valence-corrected chi connectivity index (χ0v) is 8.78. The summed E-state index contributed by atoms with van der Waals surface area (Å²) in [6.45, 7) is 0. The Morgan fingerprint density at radius 2 is 2.19 bits per heavy atom. The van der Waals surface area contributed by atoms with Crippen LogP contribution in [0.1, 0.15) is 5.56 Å². The second-order valence-electron chi connectivity index (χ2n) is 3.41. The molecule has 1 aromatic carbocycles. The van der Waals surface area contributed by atoms with Gasteiger partial charge in [-0.05, 0) is 18.2 Å². The predicted octanol–water partition coefficient (Wildman–Crippen LogP) is 2.64. The van der Waals surface area contributed by atoms with Crippen molar-refractivity contribution in [3.63, 3.8) is 0 Å². The van der Waals surface area contributed by atoms with E-state index in [2.05, 4.69) is 21.3 Å². The van der Waals surface area contributed by atoms with Gasteiger partial charge in [-0.2, -0.15) is 10.4 Å². The Balaban J connectivity index is 2.56. The number of aromatic nitrogens is 3. The second-order valence-corrected chi connectivity index (χ2v) is 3.76. The predicted molar refractivity (Wildman–Crippen MR) is 61.1 cm³/mol. The highest BCUT2D eigenvalue weighted by molar-refractivity contribution is 6.35. The van der Waals surface area contributed by atoms with Gasteiger partial charge in [0.05, 0.1) is 23.3 Å². The maximum Gasteiger partial charge on any atom is 0.155 e. The van der Waals surface area contributed by atoms with E-state index in [9.17, 15) is 0 Å². The van der Waals surface area contributed by atoms with Crippen molar-refractivity contribution in [2.45, 2.75) is 0 Å². The molecule has 0 aliphatic rings. The molecule has 0 aliphatic carbocycles. The van der Waals surface area contributed by atoms with Gasteiger partial charge in [0.25, 0.3) is 0 Å². The molecule has 3 rings (SSSR count). The third-order valence-electron chi connectivity index (χ3n) is 2.48. The van der Waals surface area contributed by atoms with E-state index in [1.54, 1.807) is 24.4 Å². The average Bonchev–Trinajstić information content (AvgIpc) is 2.78.